The summed E-state index contributed by atoms with van der Waals surface area (Å²) in [6.45, 7) is 18.3. The Morgan fingerprint density at radius 1 is 1.21 bits per heavy atom. The van der Waals surface area contributed by atoms with Crippen LogP contribution in [0.3, 0.4) is 0 Å². The molecule has 0 saturated carbocycles. The molecule has 8 heteroatoms. The standard InChI is InChI=1S/C26H41N3O5/c1-8-13-27(14-9-2)21(31)18-19-22(32)28(16-17-30)20(26(19)12-11-25(18,7)34-26)23(33)29(15-10-3)24(4,5)6/h8,10,18-20,30H,1,3,9,11-17H2,2,4-7H3/t18-,19-,20?,25+,26?/m0/s1. The molecule has 8 nitrogen and oxygen atoms in total. The van der Waals surface area contributed by atoms with E-state index in [2.05, 4.69) is 13.2 Å². The van der Waals surface area contributed by atoms with E-state index in [0.717, 1.165) is 6.42 Å². The summed E-state index contributed by atoms with van der Waals surface area (Å²) in [5, 5.41) is 9.77. The van der Waals surface area contributed by atoms with E-state index >= 15 is 0 Å². The maximum atomic E-state index is 14.1. The van der Waals surface area contributed by atoms with Gasteiger partial charge in [0.25, 0.3) is 0 Å². The Hall–Kier alpha value is -2.19. The Morgan fingerprint density at radius 3 is 2.38 bits per heavy atom. The van der Waals surface area contributed by atoms with E-state index in [1.54, 1.807) is 22.0 Å². The van der Waals surface area contributed by atoms with Crippen LogP contribution < -0.4 is 0 Å². The molecule has 3 aliphatic rings. The fraction of sp³-hybridized carbons (Fsp3) is 0.731. The number of amides is 3. The Balaban J connectivity index is 2.09. The van der Waals surface area contributed by atoms with Gasteiger partial charge in [-0.3, -0.25) is 14.4 Å². The molecule has 3 rings (SSSR count). The van der Waals surface area contributed by atoms with Crippen LogP contribution in [0, 0.1) is 11.8 Å². The highest BCUT2D eigenvalue weighted by molar-refractivity contribution is 5.99. The number of aliphatic hydroxyl groups is 1. The number of carbonyl (C=O) groups is 3. The summed E-state index contributed by atoms with van der Waals surface area (Å²) < 4.78 is 6.64. The van der Waals surface area contributed by atoms with Gasteiger partial charge >= 0.3 is 0 Å². The molecule has 3 fully saturated rings. The van der Waals surface area contributed by atoms with Crippen LogP contribution >= 0.6 is 0 Å². The molecule has 0 aliphatic carbocycles. The molecule has 3 heterocycles. The van der Waals surface area contributed by atoms with E-state index in [-0.39, 0.29) is 30.9 Å². The second kappa shape index (κ2) is 9.46. The fourth-order valence-electron chi connectivity index (χ4n) is 6.31. The lowest BCUT2D eigenvalue weighted by atomic mass is 9.66. The molecule has 0 aromatic carbocycles. The molecule has 0 radical (unpaired) electrons. The maximum absolute atomic E-state index is 14.1. The van der Waals surface area contributed by atoms with Gasteiger partial charge in [0.1, 0.15) is 11.6 Å². The van der Waals surface area contributed by atoms with Crippen LogP contribution in [-0.2, 0) is 19.1 Å². The van der Waals surface area contributed by atoms with Crippen molar-refractivity contribution in [2.24, 2.45) is 11.8 Å². The summed E-state index contributed by atoms with van der Waals surface area (Å²) in [7, 11) is 0. The van der Waals surface area contributed by atoms with Gasteiger partial charge in [-0.15, -0.1) is 13.2 Å². The summed E-state index contributed by atoms with van der Waals surface area (Å²) in [6, 6.07) is -0.894. The van der Waals surface area contributed by atoms with Gasteiger partial charge in [0, 0.05) is 31.7 Å². The third-order valence-electron chi connectivity index (χ3n) is 7.66. The third-order valence-corrected chi connectivity index (χ3v) is 7.66. The molecule has 3 amide bonds. The van der Waals surface area contributed by atoms with Crippen LogP contribution in [0.4, 0.5) is 0 Å². The average molecular weight is 476 g/mol. The predicted octanol–water partition coefficient (Wildman–Crippen LogP) is 1.98. The number of β-amino-alcohol motifs (C(OH)–C–C–N with tert-alkyl or cyclic N) is 1. The van der Waals surface area contributed by atoms with Crippen molar-refractivity contribution >= 4 is 17.7 Å². The molecule has 3 aliphatic heterocycles. The summed E-state index contributed by atoms with van der Waals surface area (Å²) in [5.74, 6) is -2.07. The predicted molar refractivity (Wildman–Crippen MR) is 130 cm³/mol. The van der Waals surface area contributed by atoms with Gasteiger partial charge in [0.15, 0.2) is 0 Å². The summed E-state index contributed by atoms with van der Waals surface area (Å²) >= 11 is 0. The van der Waals surface area contributed by atoms with Gasteiger partial charge in [-0.05, 0) is 47.0 Å². The van der Waals surface area contributed by atoms with Crippen molar-refractivity contribution in [3.63, 3.8) is 0 Å². The van der Waals surface area contributed by atoms with Crippen molar-refractivity contribution < 1.29 is 24.2 Å². The first-order valence-corrected chi connectivity index (χ1v) is 12.4. The average Bonchev–Trinajstić information content (AvgIpc) is 3.32. The van der Waals surface area contributed by atoms with Crippen LogP contribution in [0.1, 0.15) is 53.9 Å². The molecule has 34 heavy (non-hydrogen) atoms. The number of likely N-dealkylation sites (tertiary alicyclic amines) is 1. The zero-order valence-corrected chi connectivity index (χ0v) is 21.4. The molecule has 1 N–H and O–H groups in total. The Kier molecular flexibility index (Phi) is 7.35. The molecule has 5 atom stereocenters. The van der Waals surface area contributed by atoms with Crippen LogP contribution in [0.15, 0.2) is 25.3 Å². The van der Waals surface area contributed by atoms with Gasteiger partial charge in [-0.2, -0.15) is 0 Å². The Bertz CT molecular complexity index is 852. The minimum atomic E-state index is -1.09. The first kappa shape index (κ1) is 26.4. The van der Waals surface area contributed by atoms with E-state index < -0.39 is 34.6 Å². The van der Waals surface area contributed by atoms with Crippen molar-refractivity contribution in [3.05, 3.63) is 25.3 Å². The number of carbonyl (C=O) groups excluding carboxylic acids is 3. The lowest BCUT2D eigenvalue weighted by molar-refractivity contribution is -0.156. The van der Waals surface area contributed by atoms with Crippen molar-refractivity contribution in [1.82, 2.24) is 14.7 Å². The first-order chi connectivity index (χ1) is 15.9. The zero-order chi connectivity index (χ0) is 25.5. The highest BCUT2D eigenvalue weighted by Gasteiger charge is 2.78. The van der Waals surface area contributed by atoms with Crippen LogP contribution in [0.5, 0.6) is 0 Å². The first-order valence-electron chi connectivity index (χ1n) is 12.4. The van der Waals surface area contributed by atoms with Crippen molar-refractivity contribution in [2.45, 2.75) is 76.7 Å². The highest BCUT2D eigenvalue weighted by Crippen LogP contribution is 2.63. The Labute approximate surface area is 203 Å². The van der Waals surface area contributed by atoms with Crippen LogP contribution in [0.2, 0.25) is 0 Å². The molecule has 0 aromatic rings. The second-order valence-electron chi connectivity index (χ2n) is 11.0. The van der Waals surface area contributed by atoms with Crippen molar-refractivity contribution in [3.8, 4) is 0 Å². The number of hydrogen-bond donors (Lipinski definition) is 1. The van der Waals surface area contributed by atoms with Gasteiger partial charge in [-0.25, -0.2) is 0 Å². The molecule has 1 spiro atoms. The molecule has 2 bridgehead atoms. The van der Waals surface area contributed by atoms with E-state index in [9.17, 15) is 19.5 Å². The monoisotopic (exact) mass is 475 g/mol. The SMILES string of the molecule is C=CCN(CCC)C(=O)[C@@H]1[C@H]2C(=O)N(CCO)C(C(=O)N(CC=C)C(C)(C)C)C23CC[C@@]1(C)O3. The van der Waals surface area contributed by atoms with E-state index in [1.807, 2.05) is 34.6 Å². The second-order valence-corrected chi connectivity index (χ2v) is 11.0. The summed E-state index contributed by atoms with van der Waals surface area (Å²) in [6.07, 6.45) is 5.26. The smallest absolute Gasteiger partial charge is 0.249 e. The number of ether oxygens (including phenoxy) is 1. The zero-order valence-electron chi connectivity index (χ0n) is 21.4. The largest absolute Gasteiger partial charge is 0.395 e. The molecular formula is C26H41N3O5. The molecule has 3 saturated heterocycles. The van der Waals surface area contributed by atoms with Crippen molar-refractivity contribution in [2.75, 3.05) is 32.8 Å². The van der Waals surface area contributed by atoms with E-state index in [1.165, 1.54) is 4.90 Å². The minimum Gasteiger partial charge on any atom is -0.395 e. The summed E-state index contributed by atoms with van der Waals surface area (Å²) in [4.78, 5) is 46.6. The number of aliphatic hydroxyl groups excluding tert-OH is 1. The molecular weight excluding hydrogens is 434 g/mol. The lowest BCUT2D eigenvalue weighted by Crippen LogP contribution is -2.60. The quantitative estimate of drug-likeness (QED) is 0.488. The van der Waals surface area contributed by atoms with E-state index in [0.29, 0.717) is 32.5 Å². The Morgan fingerprint density at radius 2 is 1.85 bits per heavy atom. The number of nitrogens with zero attached hydrogens (tertiary/aromatic N) is 3. The number of hydrogen-bond acceptors (Lipinski definition) is 5. The third kappa shape index (κ3) is 3.98. The minimum absolute atomic E-state index is 0.0197. The normalized spacial score (nSPS) is 32.0. The number of rotatable bonds is 10. The topological polar surface area (TPSA) is 90.4 Å². The van der Waals surface area contributed by atoms with Gasteiger partial charge < -0.3 is 24.5 Å². The number of fused-ring (bicyclic) bond motifs is 1. The van der Waals surface area contributed by atoms with Crippen LogP contribution in [0.25, 0.3) is 0 Å². The molecule has 0 aromatic heterocycles. The van der Waals surface area contributed by atoms with Gasteiger partial charge in [-0.1, -0.05) is 19.1 Å². The summed E-state index contributed by atoms with van der Waals surface area (Å²) in [5.41, 5.74) is -2.42. The fourth-order valence-corrected chi connectivity index (χ4v) is 6.31. The van der Waals surface area contributed by atoms with Gasteiger partial charge in [0.05, 0.1) is 24.0 Å². The van der Waals surface area contributed by atoms with E-state index in [4.69, 9.17) is 4.74 Å². The van der Waals surface area contributed by atoms with Crippen LogP contribution in [-0.4, -0.2) is 93.1 Å². The molecule has 190 valence electrons. The van der Waals surface area contributed by atoms with Crippen molar-refractivity contribution in [1.29, 1.82) is 0 Å². The maximum Gasteiger partial charge on any atom is 0.249 e. The molecule has 2 unspecified atom stereocenters. The lowest BCUT2D eigenvalue weighted by Gasteiger charge is -2.42. The van der Waals surface area contributed by atoms with Gasteiger partial charge in [0.2, 0.25) is 17.7 Å². The highest BCUT2D eigenvalue weighted by atomic mass is 16.5.